The number of rotatable bonds is 1. The van der Waals surface area contributed by atoms with Crippen molar-refractivity contribution in [3.63, 3.8) is 0 Å². The van der Waals surface area contributed by atoms with Crippen LogP contribution in [-0.4, -0.2) is 6.18 Å². The first-order chi connectivity index (χ1) is 7.20. The predicted molar refractivity (Wildman–Crippen MR) is 54.7 cm³/mol. The molecule has 0 radical (unpaired) electrons. The van der Waals surface area contributed by atoms with Crippen molar-refractivity contribution in [3.05, 3.63) is 29.3 Å². The van der Waals surface area contributed by atoms with Gasteiger partial charge in [-0.2, -0.15) is 18.4 Å². The summed E-state index contributed by atoms with van der Waals surface area (Å²) in [6, 6.07) is 5.57. The summed E-state index contributed by atoms with van der Waals surface area (Å²) in [4.78, 5) is 0. The van der Waals surface area contributed by atoms with Gasteiger partial charge >= 0.3 is 6.18 Å². The lowest BCUT2D eigenvalue weighted by Crippen LogP contribution is -2.36. The minimum absolute atomic E-state index is 0.0331. The first kappa shape index (κ1) is 12.4. The minimum atomic E-state index is -4.37. The van der Waals surface area contributed by atoms with Crippen LogP contribution in [0.1, 0.15) is 25.0 Å². The number of halogens is 3. The van der Waals surface area contributed by atoms with Gasteiger partial charge in [0.2, 0.25) is 0 Å². The molecule has 0 aliphatic heterocycles. The monoisotopic (exact) mass is 228 g/mol. The molecule has 0 unspecified atom stereocenters. The summed E-state index contributed by atoms with van der Waals surface area (Å²) < 4.78 is 38.2. The minimum Gasteiger partial charge on any atom is -0.398 e. The Morgan fingerprint density at radius 3 is 2.25 bits per heavy atom. The van der Waals surface area contributed by atoms with Crippen molar-refractivity contribution in [2.45, 2.75) is 25.4 Å². The van der Waals surface area contributed by atoms with Gasteiger partial charge in [0.05, 0.1) is 11.0 Å². The molecule has 1 aromatic carbocycles. The number of alkyl halides is 3. The number of hydrogen-bond acceptors (Lipinski definition) is 2. The molecule has 2 nitrogen and oxygen atoms in total. The Labute approximate surface area is 91.5 Å². The second-order valence-corrected chi connectivity index (χ2v) is 4.04. The molecule has 16 heavy (non-hydrogen) atoms. The lowest BCUT2D eigenvalue weighted by Gasteiger charge is -2.28. The van der Waals surface area contributed by atoms with Crippen LogP contribution in [0.25, 0.3) is 0 Å². The van der Waals surface area contributed by atoms with E-state index in [2.05, 4.69) is 0 Å². The van der Waals surface area contributed by atoms with Crippen molar-refractivity contribution in [1.82, 2.24) is 0 Å². The van der Waals surface area contributed by atoms with E-state index in [0.717, 1.165) is 13.8 Å². The summed E-state index contributed by atoms with van der Waals surface area (Å²) in [6.45, 7) is 2.14. The Hall–Kier alpha value is -1.70. The molecule has 1 aromatic rings. The van der Waals surface area contributed by atoms with E-state index in [1.165, 1.54) is 18.2 Å². The van der Waals surface area contributed by atoms with Crippen molar-refractivity contribution >= 4 is 5.69 Å². The Bertz CT molecular complexity index is 442. The van der Waals surface area contributed by atoms with Gasteiger partial charge in [0.1, 0.15) is 6.07 Å². The predicted octanol–water partition coefficient (Wildman–Crippen LogP) is 2.98. The maximum atomic E-state index is 12.7. The highest BCUT2D eigenvalue weighted by atomic mass is 19.4. The first-order valence-corrected chi connectivity index (χ1v) is 4.57. The van der Waals surface area contributed by atoms with Crippen LogP contribution in [0.15, 0.2) is 18.2 Å². The molecule has 0 saturated heterocycles. The summed E-state index contributed by atoms with van der Waals surface area (Å²) in [5.74, 6) is 0. The topological polar surface area (TPSA) is 49.8 Å². The number of nitrogens with zero attached hydrogens (tertiary/aromatic N) is 1. The fourth-order valence-corrected chi connectivity index (χ4v) is 1.21. The Balaban J connectivity index is 3.31. The molecule has 0 fully saturated rings. The number of benzene rings is 1. The van der Waals surface area contributed by atoms with E-state index in [4.69, 9.17) is 11.0 Å². The fraction of sp³-hybridized carbons (Fsp3) is 0.364. The highest BCUT2D eigenvalue weighted by Gasteiger charge is 2.48. The van der Waals surface area contributed by atoms with Gasteiger partial charge in [-0.25, -0.2) is 0 Å². The van der Waals surface area contributed by atoms with Crippen molar-refractivity contribution in [3.8, 4) is 6.07 Å². The van der Waals surface area contributed by atoms with Crippen molar-refractivity contribution in [1.29, 1.82) is 5.26 Å². The van der Waals surface area contributed by atoms with Crippen LogP contribution in [0.4, 0.5) is 18.9 Å². The van der Waals surface area contributed by atoms with Gasteiger partial charge in [0.25, 0.3) is 0 Å². The highest BCUT2D eigenvalue weighted by Crippen LogP contribution is 2.40. The number of nitriles is 1. The van der Waals surface area contributed by atoms with Gasteiger partial charge in [-0.15, -0.1) is 0 Å². The fourth-order valence-electron chi connectivity index (χ4n) is 1.21. The molecule has 0 atom stereocenters. The zero-order valence-corrected chi connectivity index (χ0v) is 8.89. The Kier molecular flexibility index (Phi) is 2.87. The van der Waals surface area contributed by atoms with Crippen molar-refractivity contribution in [2.24, 2.45) is 0 Å². The van der Waals surface area contributed by atoms with E-state index >= 15 is 0 Å². The third-order valence-electron chi connectivity index (χ3n) is 2.60. The van der Waals surface area contributed by atoms with Crippen LogP contribution in [0, 0.1) is 11.3 Å². The zero-order chi connectivity index (χ0) is 12.6. The van der Waals surface area contributed by atoms with Crippen molar-refractivity contribution < 1.29 is 13.2 Å². The smallest absolute Gasteiger partial charge is 0.397 e. The van der Waals surface area contributed by atoms with Crippen LogP contribution in [-0.2, 0) is 5.41 Å². The summed E-state index contributed by atoms with van der Waals surface area (Å²) in [5, 5.41) is 8.70. The van der Waals surface area contributed by atoms with Gasteiger partial charge in [0, 0.05) is 5.69 Å². The average Bonchev–Trinajstić information content (AvgIpc) is 2.16. The normalized spacial score (nSPS) is 12.2. The largest absolute Gasteiger partial charge is 0.398 e. The molecule has 0 aliphatic carbocycles. The van der Waals surface area contributed by atoms with E-state index in [1.54, 1.807) is 6.07 Å². The number of anilines is 1. The van der Waals surface area contributed by atoms with E-state index in [9.17, 15) is 13.2 Å². The maximum Gasteiger partial charge on any atom is 0.397 e. The molecule has 0 bridgehead atoms. The second-order valence-electron chi connectivity index (χ2n) is 4.04. The number of nitrogen functional groups attached to an aromatic ring is 1. The molecule has 0 aliphatic rings. The molecule has 0 amide bonds. The standard InChI is InChI=1S/C11H11F3N2/c1-10(2,11(12,13)14)8-3-4-9(16)7(5-8)6-15/h3-5H,16H2,1-2H3. The summed E-state index contributed by atoms with van der Waals surface area (Å²) in [5.41, 5.74) is 3.74. The quantitative estimate of drug-likeness (QED) is 0.751. The Morgan fingerprint density at radius 1 is 1.25 bits per heavy atom. The van der Waals surface area contributed by atoms with Gasteiger partial charge in [-0.3, -0.25) is 0 Å². The van der Waals surface area contributed by atoms with Crippen LogP contribution < -0.4 is 5.73 Å². The van der Waals surface area contributed by atoms with Gasteiger partial charge in [-0.1, -0.05) is 6.07 Å². The maximum absolute atomic E-state index is 12.7. The van der Waals surface area contributed by atoms with Crippen LogP contribution >= 0.6 is 0 Å². The lowest BCUT2D eigenvalue weighted by atomic mass is 9.83. The highest BCUT2D eigenvalue weighted by molar-refractivity contribution is 5.56. The molecule has 0 aromatic heterocycles. The van der Waals surface area contributed by atoms with Gasteiger partial charge < -0.3 is 5.73 Å². The molecular formula is C11H11F3N2. The van der Waals surface area contributed by atoms with Gasteiger partial charge in [-0.05, 0) is 31.5 Å². The third-order valence-corrected chi connectivity index (χ3v) is 2.60. The van der Waals surface area contributed by atoms with E-state index < -0.39 is 11.6 Å². The first-order valence-electron chi connectivity index (χ1n) is 4.57. The average molecular weight is 228 g/mol. The van der Waals surface area contributed by atoms with Crippen LogP contribution in [0.3, 0.4) is 0 Å². The molecule has 0 saturated carbocycles. The molecular weight excluding hydrogens is 217 g/mol. The summed E-state index contributed by atoms with van der Waals surface area (Å²) in [7, 11) is 0. The SMILES string of the molecule is CC(C)(c1ccc(N)c(C#N)c1)C(F)(F)F. The molecule has 0 spiro atoms. The summed E-state index contributed by atoms with van der Waals surface area (Å²) >= 11 is 0. The zero-order valence-electron chi connectivity index (χ0n) is 8.89. The molecule has 0 heterocycles. The molecule has 86 valence electrons. The molecule has 5 heteroatoms. The number of nitrogens with two attached hydrogens (primary N) is 1. The lowest BCUT2D eigenvalue weighted by molar-refractivity contribution is -0.180. The van der Waals surface area contributed by atoms with Gasteiger partial charge in [0.15, 0.2) is 0 Å². The molecule has 2 N–H and O–H groups in total. The van der Waals surface area contributed by atoms with E-state index in [0.29, 0.717) is 0 Å². The van der Waals surface area contributed by atoms with E-state index in [1.807, 2.05) is 0 Å². The second kappa shape index (κ2) is 3.71. The molecule has 1 rings (SSSR count). The van der Waals surface area contributed by atoms with Crippen LogP contribution in [0.2, 0.25) is 0 Å². The van der Waals surface area contributed by atoms with Crippen LogP contribution in [0.5, 0.6) is 0 Å². The summed E-state index contributed by atoms with van der Waals surface area (Å²) in [6.07, 6.45) is -4.37. The van der Waals surface area contributed by atoms with Crippen molar-refractivity contribution in [2.75, 3.05) is 5.73 Å². The third kappa shape index (κ3) is 1.96. The van der Waals surface area contributed by atoms with E-state index in [-0.39, 0.29) is 16.8 Å². The Morgan fingerprint density at radius 2 is 1.81 bits per heavy atom. The number of hydrogen-bond donors (Lipinski definition) is 1.